The largest absolute Gasteiger partial charge is 0.378 e. The molecule has 2 N–H and O–H groups in total. The quantitative estimate of drug-likeness (QED) is 0.573. The number of ether oxygens (including phenoxy) is 1. The van der Waals surface area contributed by atoms with E-state index in [1.807, 2.05) is 13.8 Å². The number of aromatic nitrogens is 4. The third-order valence-corrected chi connectivity index (χ3v) is 4.74. The number of thioether (sulfide) groups is 1. The van der Waals surface area contributed by atoms with Gasteiger partial charge in [-0.3, -0.25) is 14.9 Å². The Morgan fingerprint density at radius 3 is 2.91 bits per heavy atom. The van der Waals surface area contributed by atoms with Crippen molar-refractivity contribution in [2.45, 2.75) is 37.3 Å². The minimum Gasteiger partial charge on any atom is -0.378 e. The van der Waals surface area contributed by atoms with Gasteiger partial charge in [0.05, 0.1) is 17.6 Å². The average Bonchev–Trinajstić information content (AvgIpc) is 2.89. The van der Waals surface area contributed by atoms with Crippen molar-refractivity contribution in [1.82, 2.24) is 20.2 Å². The van der Waals surface area contributed by atoms with Gasteiger partial charge in [-0.15, -0.1) is 10.2 Å². The van der Waals surface area contributed by atoms with Crippen LogP contribution in [0.3, 0.4) is 0 Å². The molecule has 124 valence electrons. The molecule has 0 saturated carbocycles. The van der Waals surface area contributed by atoms with Crippen molar-refractivity contribution < 1.29 is 9.53 Å². The van der Waals surface area contributed by atoms with E-state index in [0.717, 1.165) is 5.01 Å². The highest BCUT2D eigenvalue weighted by molar-refractivity contribution is 8.00. The number of carbonyl (C=O) groups excluding carboxylic acids is 1. The molecule has 0 saturated heterocycles. The lowest BCUT2D eigenvalue weighted by atomic mass is 10.3. The fraction of sp³-hybridized carbons (Fsp3) is 0.462. The third-order valence-electron chi connectivity index (χ3n) is 2.74. The maximum absolute atomic E-state index is 12.3. The van der Waals surface area contributed by atoms with E-state index in [0.29, 0.717) is 22.4 Å². The minimum absolute atomic E-state index is 0.201. The molecule has 0 fully saturated rings. The molecule has 1 atom stereocenters. The molecule has 0 aliphatic heterocycles. The van der Waals surface area contributed by atoms with Crippen LogP contribution < -0.4 is 10.9 Å². The van der Waals surface area contributed by atoms with E-state index < -0.39 is 5.25 Å². The molecule has 1 amide bonds. The Bertz CT molecular complexity index is 730. The summed E-state index contributed by atoms with van der Waals surface area (Å²) in [6.07, 6.45) is 0.576. The Morgan fingerprint density at radius 2 is 2.30 bits per heavy atom. The Morgan fingerprint density at radius 1 is 1.52 bits per heavy atom. The number of aryl methyl sites for hydroxylation is 1. The number of carbonyl (C=O) groups is 1. The van der Waals surface area contributed by atoms with Crippen molar-refractivity contribution in [2.24, 2.45) is 0 Å². The number of hydrogen-bond acceptors (Lipinski definition) is 8. The fourth-order valence-electron chi connectivity index (χ4n) is 1.75. The second-order valence-electron chi connectivity index (χ2n) is 4.61. The van der Waals surface area contributed by atoms with E-state index in [9.17, 15) is 9.59 Å². The zero-order chi connectivity index (χ0) is 16.8. The summed E-state index contributed by atoms with van der Waals surface area (Å²) in [7, 11) is 1.53. The zero-order valence-corrected chi connectivity index (χ0v) is 14.6. The standard InChI is InChI=1S/C13H17N5O3S2/c1-4-9(11(20)16-13-18-17-7(2)22-13)23-12-14-8(6-21-3)5-10(19)15-12/h5,9H,4,6H2,1-3H3,(H,14,15,19)(H,16,18,20). The molecule has 0 radical (unpaired) electrons. The van der Waals surface area contributed by atoms with E-state index in [-0.39, 0.29) is 18.1 Å². The number of nitrogens with zero attached hydrogens (tertiary/aromatic N) is 3. The summed E-state index contributed by atoms with van der Waals surface area (Å²) in [6, 6.07) is 1.37. The molecule has 0 aromatic carbocycles. The highest BCUT2D eigenvalue weighted by Crippen LogP contribution is 2.23. The first-order valence-corrected chi connectivity index (χ1v) is 8.58. The monoisotopic (exact) mass is 355 g/mol. The third kappa shape index (κ3) is 5.12. The summed E-state index contributed by atoms with van der Waals surface area (Å²) in [6.45, 7) is 3.94. The second kappa shape index (κ2) is 8.18. The van der Waals surface area contributed by atoms with Crippen molar-refractivity contribution in [3.8, 4) is 0 Å². The molecule has 2 heterocycles. The first kappa shape index (κ1) is 17.6. The van der Waals surface area contributed by atoms with Crippen molar-refractivity contribution in [1.29, 1.82) is 0 Å². The van der Waals surface area contributed by atoms with Gasteiger partial charge < -0.3 is 9.72 Å². The van der Waals surface area contributed by atoms with E-state index in [1.54, 1.807) is 0 Å². The van der Waals surface area contributed by atoms with Gasteiger partial charge in [0.2, 0.25) is 11.0 Å². The van der Waals surface area contributed by atoms with Gasteiger partial charge in [-0.05, 0) is 13.3 Å². The normalized spacial score (nSPS) is 12.1. The van der Waals surface area contributed by atoms with Crippen LogP contribution in [-0.4, -0.2) is 38.4 Å². The molecule has 2 rings (SSSR count). The summed E-state index contributed by atoms with van der Waals surface area (Å²) in [5, 5.41) is 11.7. The molecular weight excluding hydrogens is 338 g/mol. The SMILES string of the molecule is CCC(Sc1nc(COC)cc(=O)[nH]1)C(=O)Nc1nnc(C)s1. The first-order chi connectivity index (χ1) is 11.0. The van der Waals surface area contributed by atoms with E-state index in [2.05, 4.69) is 25.5 Å². The Labute approximate surface area is 141 Å². The highest BCUT2D eigenvalue weighted by atomic mass is 32.2. The minimum atomic E-state index is -0.403. The Kier molecular flexibility index (Phi) is 6.25. The number of methoxy groups -OCH3 is 1. The molecule has 1 unspecified atom stereocenters. The average molecular weight is 355 g/mol. The fourth-order valence-corrected chi connectivity index (χ4v) is 3.28. The van der Waals surface area contributed by atoms with Crippen LogP contribution in [0.25, 0.3) is 0 Å². The molecule has 10 heteroatoms. The molecule has 0 bridgehead atoms. The number of hydrogen-bond donors (Lipinski definition) is 2. The number of amides is 1. The van der Waals surface area contributed by atoms with Crippen molar-refractivity contribution in [2.75, 3.05) is 12.4 Å². The van der Waals surface area contributed by atoms with Crippen LogP contribution in [0.4, 0.5) is 5.13 Å². The van der Waals surface area contributed by atoms with Crippen LogP contribution in [-0.2, 0) is 16.1 Å². The van der Waals surface area contributed by atoms with E-state index >= 15 is 0 Å². The smallest absolute Gasteiger partial charge is 0.251 e. The van der Waals surface area contributed by atoms with Crippen LogP contribution in [0, 0.1) is 6.92 Å². The lowest BCUT2D eigenvalue weighted by molar-refractivity contribution is -0.115. The van der Waals surface area contributed by atoms with Gasteiger partial charge in [-0.1, -0.05) is 30.0 Å². The van der Waals surface area contributed by atoms with Crippen LogP contribution in [0.5, 0.6) is 0 Å². The van der Waals surface area contributed by atoms with Gasteiger partial charge in [0.15, 0.2) is 5.16 Å². The topological polar surface area (TPSA) is 110 Å². The summed E-state index contributed by atoms with van der Waals surface area (Å²) in [5.74, 6) is -0.201. The number of rotatable bonds is 7. The highest BCUT2D eigenvalue weighted by Gasteiger charge is 2.20. The number of nitrogens with one attached hydrogen (secondary N) is 2. The summed E-state index contributed by atoms with van der Waals surface area (Å²) >= 11 is 2.51. The number of aromatic amines is 1. The molecule has 0 spiro atoms. The van der Waals surface area contributed by atoms with Gasteiger partial charge in [-0.25, -0.2) is 4.98 Å². The van der Waals surface area contributed by atoms with Gasteiger partial charge in [0, 0.05) is 13.2 Å². The summed E-state index contributed by atoms with van der Waals surface area (Å²) in [5.41, 5.74) is 0.248. The molecule has 2 aromatic rings. The lowest BCUT2D eigenvalue weighted by Crippen LogP contribution is -2.25. The van der Waals surface area contributed by atoms with Crippen LogP contribution >= 0.6 is 23.1 Å². The molecule has 8 nitrogen and oxygen atoms in total. The Hall–Kier alpha value is -1.78. The summed E-state index contributed by atoms with van der Waals surface area (Å²) in [4.78, 5) is 30.9. The van der Waals surface area contributed by atoms with Crippen molar-refractivity contribution in [3.63, 3.8) is 0 Å². The zero-order valence-electron chi connectivity index (χ0n) is 13.0. The number of anilines is 1. The summed E-state index contributed by atoms with van der Waals surface area (Å²) < 4.78 is 4.98. The van der Waals surface area contributed by atoms with Gasteiger partial charge >= 0.3 is 0 Å². The first-order valence-electron chi connectivity index (χ1n) is 6.88. The maximum atomic E-state index is 12.3. The van der Waals surface area contributed by atoms with E-state index in [1.165, 1.54) is 36.3 Å². The van der Waals surface area contributed by atoms with Gasteiger partial charge in [0.1, 0.15) is 5.01 Å². The van der Waals surface area contributed by atoms with Gasteiger partial charge in [0.25, 0.3) is 5.56 Å². The molecular formula is C13H17N5O3S2. The second-order valence-corrected chi connectivity index (χ2v) is 6.98. The van der Waals surface area contributed by atoms with Crippen molar-refractivity contribution >= 4 is 34.1 Å². The van der Waals surface area contributed by atoms with Crippen molar-refractivity contribution in [3.05, 3.63) is 27.1 Å². The van der Waals surface area contributed by atoms with Crippen LogP contribution in [0.15, 0.2) is 16.0 Å². The predicted molar refractivity (Wildman–Crippen MR) is 88.8 cm³/mol. The molecule has 0 aliphatic carbocycles. The Balaban J connectivity index is 2.09. The predicted octanol–water partition coefficient (Wildman–Crippen LogP) is 1.59. The molecule has 23 heavy (non-hydrogen) atoms. The molecule has 0 aliphatic rings. The van der Waals surface area contributed by atoms with Crippen LogP contribution in [0.1, 0.15) is 24.0 Å². The van der Waals surface area contributed by atoms with Gasteiger partial charge in [-0.2, -0.15) is 0 Å². The van der Waals surface area contributed by atoms with E-state index in [4.69, 9.17) is 4.74 Å². The maximum Gasteiger partial charge on any atom is 0.251 e. The lowest BCUT2D eigenvalue weighted by Gasteiger charge is -2.12. The number of H-pyrrole nitrogens is 1. The molecule has 2 aromatic heterocycles. The van der Waals surface area contributed by atoms with Crippen LogP contribution in [0.2, 0.25) is 0 Å².